The van der Waals surface area contributed by atoms with E-state index in [1.165, 1.54) is 12.4 Å². The molecule has 0 radical (unpaired) electrons. The van der Waals surface area contributed by atoms with E-state index in [9.17, 15) is 4.79 Å². The Morgan fingerprint density at radius 3 is 2.71 bits per heavy atom. The standard InChI is InChI=1S/C12H18ClN3O/c1-12(2,3)10(6-14)16-11(17)8-4-5-15-7-9(8)13/h4-5,7,10H,6,14H2,1-3H3,(H,16,17). The predicted molar refractivity (Wildman–Crippen MR) is 69.0 cm³/mol. The third-order valence-electron chi connectivity index (χ3n) is 2.60. The molecule has 3 N–H and O–H groups in total. The summed E-state index contributed by atoms with van der Waals surface area (Å²) >= 11 is 5.91. The van der Waals surface area contributed by atoms with Gasteiger partial charge in [-0.15, -0.1) is 0 Å². The number of nitrogens with one attached hydrogen (secondary N) is 1. The van der Waals surface area contributed by atoms with Gasteiger partial charge in [-0.05, 0) is 11.5 Å². The fraction of sp³-hybridized carbons (Fsp3) is 0.500. The van der Waals surface area contributed by atoms with Crippen molar-refractivity contribution in [3.05, 3.63) is 29.0 Å². The number of halogens is 1. The van der Waals surface area contributed by atoms with E-state index in [0.717, 1.165) is 0 Å². The van der Waals surface area contributed by atoms with Gasteiger partial charge in [0.05, 0.1) is 10.6 Å². The molecule has 1 amide bonds. The average molecular weight is 256 g/mol. The molecule has 0 bridgehead atoms. The van der Waals surface area contributed by atoms with Crippen molar-refractivity contribution in [2.24, 2.45) is 11.1 Å². The molecule has 4 nitrogen and oxygen atoms in total. The van der Waals surface area contributed by atoms with Gasteiger partial charge in [0.2, 0.25) is 0 Å². The van der Waals surface area contributed by atoms with E-state index in [4.69, 9.17) is 17.3 Å². The lowest BCUT2D eigenvalue weighted by Gasteiger charge is -2.30. The monoisotopic (exact) mass is 255 g/mol. The number of nitrogens with zero attached hydrogens (tertiary/aromatic N) is 1. The number of aromatic nitrogens is 1. The quantitative estimate of drug-likeness (QED) is 0.866. The Labute approximate surface area is 107 Å². The molecule has 1 unspecified atom stereocenters. The topological polar surface area (TPSA) is 68.0 Å². The molecule has 0 aliphatic carbocycles. The van der Waals surface area contributed by atoms with Gasteiger partial charge in [-0.25, -0.2) is 0 Å². The molecule has 0 fully saturated rings. The minimum Gasteiger partial charge on any atom is -0.347 e. The molecule has 0 saturated carbocycles. The van der Waals surface area contributed by atoms with Crippen molar-refractivity contribution in [3.8, 4) is 0 Å². The van der Waals surface area contributed by atoms with Gasteiger partial charge < -0.3 is 11.1 Å². The van der Waals surface area contributed by atoms with Crippen molar-refractivity contribution < 1.29 is 4.79 Å². The van der Waals surface area contributed by atoms with E-state index in [0.29, 0.717) is 17.1 Å². The summed E-state index contributed by atoms with van der Waals surface area (Å²) in [5.41, 5.74) is 5.99. The summed E-state index contributed by atoms with van der Waals surface area (Å²) < 4.78 is 0. The largest absolute Gasteiger partial charge is 0.347 e. The highest BCUT2D eigenvalue weighted by molar-refractivity contribution is 6.33. The fourth-order valence-corrected chi connectivity index (χ4v) is 1.63. The molecule has 5 heteroatoms. The SMILES string of the molecule is CC(C)(C)C(CN)NC(=O)c1ccncc1Cl. The van der Waals surface area contributed by atoms with Crippen LogP contribution in [0.5, 0.6) is 0 Å². The van der Waals surface area contributed by atoms with E-state index >= 15 is 0 Å². The lowest BCUT2D eigenvalue weighted by molar-refractivity contribution is 0.0905. The third-order valence-corrected chi connectivity index (χ3v) is 2.90. The molecule has 0 spiro atoms. The molecule has 1 aromatic heterocycles. The maximum atomic E-state index is 12.0. The third kappa shape index (κ3) is 3.68. The Kier molecular flexibility index (Phi) is 4.48. The first-order chi connectivity index (χ1) is 7.86. The normalized spacial score (nSPS) is 13.2. The summed E-state index contributed by atoms with van der Waals surface area (Å²) in [7, 11) is 0. The summed E-state index contributed by atoms with van der Waals surface area (Å²) in [4.78, 5) is 15.8. The van der Waals surface area contributed by atoms with Crippen LogP contribution < -0.4 is 11.1 Å². The van der Waals surface area contributed by atoms with Gasteiger partial charge in [0.25, 0.3) is 5.91 Å². The number of nitrogens with two attached hydrogens (primary N) is 1. The Bertz CT molecular complexity index is 401. The molecule has 1 atom stereocenters. The molecule has 0 aromatic carbocycles. The number of pyridine rings is 1. The summed E-state index contributed by atoms with van der Waals surface area (Å²) in [6.45, 7) is 6.47. The fourth-order valence-electron chi connectivity index (χ4n) is 1.42. The number of carbonyl (C=O) groups is 1. The number of carbonyl (C=O) groups excluding carboxylic acids is 1. The predicted octanol–water partition coefficient (Wildman–Crippen LogP) is 1.84. The second-order valence-electron chi connectivity index (χ2n) is 4.98. The first kappa shape index (κ1) is 13.9. The van der Waals surface area contributed by atoms with Gasteiger partial charge in [-0.2, -0.15) is 0 Å². The molecule has 17 heavy (non-hydrogen) atoms. The highest BCUT2D eigenvalue weighted by Gasteiger charge is 2.25. The van der Waals surface area contributed by atoms with Crippen molar-refractivity contribution in [1.82, 2.24) is 10.3 Å². The average Bonchev–Trinajstić information content (AvgIpc) is 2.24. The maximum absolute atomic E-state index is 12.0. The smallest absolute Gasteiger partial charge is 0.253 e. The first-order valence-electron chi connectivity index (χ1n) is 5.46. The maximum Gasteiger partial charge on any atom is 0.253 e. The van der Waals surface area contributed by atoms with Crippen molar-refractivity contribution in [1.29, 1.82) is 0 Å². The van der Waals surface area contributed by atoms with Crippen molar-refractivity contribution in [2.75, 3.05) is 6.54 Å². The van der Waals surface area contributed by atoms with Crippen molar-refractivity contribution in [2.45, 2.75) is 26.8 Å². The second kappa shape index (κ2) is 5.47. The van der Waals surface area contributed by atoms with E-state index in [-0.39, 0.29) is 17.4 Å². The van der Waals surface area contributed by atoms with E-state index in [1.807, 2.05) is 20.8 Å². The zero-order valence-corrected chi connectivity index (χ0v) is 11.1. The molecule has 1 aromatic rings. The summed E-state index contributed by atoms with van der Waals surface area (Å²) in [5.74, 6) is -0.220. The molecule has 1 heterocycles. The Balaban J connectivity index is 2.83. The lowest BCUT2D eigenvalue weighted by Crippen LogP contribution is -2.48. The van der Waals surface area contributed by atoms with Crippen molar-refractivity contribution in [3.63, 3.8) is 0 Å². The number of amides is 1. The van der Waals surface area contributed by atoms with Crippen LogP contribution in [0.4, 0.5) is 0 Å². The molecule has 94 valence electrons. The van der Waals surface area contributed by atoms with Crippen LogP contribution in [-0.4, -0.2) is 23.5 Å². The van der Waals surface area contributed by atoms with Crippen LogP contribution in [0.1, 0.15) is 31.1 Å². The van der Waals surface area contributed by atoms with Crippen LogP contribution in [0.15, 0.2) is 18.5 Å². The van der Waals surface area contributed by atoms with Gasteiger partial charge in [0, 0.05) is 25.0 Å². The van der Waals surface area contributed by atoms with Crippen LogP contribution >= 0.6 is 11.6 Å². The van der Waals surface area contributed by atoms with Gasteiger partial charge >= 0.3 is 0 Å². The zero-order chi connectivity index (χ0) is 13.1. The van der Waals surface area contributed by atoms with Gasteiger partial charge in [0.1, 0.15) is 0 Å². The summed E-state index contributed by atoms with van der Waals surface area (Å²) in [6.07, 6.45) is 2.99. The van der Waals surface area contributed by atoms with Crippen LogP contribution in [0.25, 0.3) is 0 Å². The summed E-state index contributed by atoms with van der Waals surface area (Å²) in [6, 6.07) is 1.49. The van der Waals surface area contributed by atoms with E-state index in [2.05, 4.69) is 10.3 Å². The van der Waals surface area contributed by atoms with Crippen LogP contribution in [0, 0.1) is 5.41 Å². The van der Waals surface area contributed by atoms with Crippen LogP contribution in [-0.2, 0) is 0 Å². The molecule has 1 rings (SSSR count). The van der Waals surface area contributed by atoms with E-state index < -0.39 is 0 Å². The molecule has 0 saturated heterocycles. The minimum absolute atomic E-state index is 0.0933. The molecular weight excluding hydrogens is 238 g/mol. The van der Waals surface area contributed by atoms with Gasteiger partial charge in [0.15, 0.2) is 0 Å². The molecule has 0 aliphatic rings. The highest BCUT2D eigenvalue weighted by atomic mass is 35.5. The number of hydrogen-bond acceptors (Lipinski definition) is 3. The minimum atomic E-state index is -0.220. The van der Waals surface area contributed by atoms with Gasteiger partial charge in [-0.1, -0.05) is 32.4 Å². The molecule has 0 aliphatic heterocycles. The number of hydrogen-bond donors (Lipinski definition) is 2. The zero-order valence-electron chi connectivity index (χ0n) is 10.3. The molecular formula is C12H18ClN3O. The van der Waals surface area contributed by atoms with E-state index in [1.54, 1.807) is 6.07 Å². The second-order valence-corrected chi connectivity index (χ2v) is 5.39. The Morgan fingerprint density at radius 2 is 2.24 bits per heavy atom. The van der Waals surface area contributed by atoms with Crippen LogP contribution in [0.3, 0.4) is 0 Å². The van der Waals surface area contributed by atoms with Crippen molar-refractivity contribution >= 4 is 17.5 Å². The van der Waals surface area contributed by atoms with Gasteiger partial charge in [-0.3, -0.25) is 9.78 Å². The lowest BCUT2D eigenvalue weighted by atomic mass is 9.86. The Morgan fingerprint density at radius 1 is 1.59 bits per heavy atom. The summed E-state index contributed by atoms with van der Waals surface area (Å²) in [5, 5.41) is 3.23. The highest BCUT2D eigenvalue weighted by Crippen LogP contribution is 2.20. The first-order valence-corrected chi connectivity index (χ1v) is 5.84. The number of rotatable bonds is 3. The Hall–Kier alpha value is -1.13. The van der Waals surface area contributed by atoms with Crippen LogP contribution in [0.2, 0.25) is 5.02 Å².